The van der Waals surface area contributed by atoms with Crippen molar-refractivity contribution in [1.29, 1.82) is 0 Å². The van der Waals surface area contributed by atoms with Crippen LogP contribution in [0.25, 0.3) is 0 Å². The van der Waals surface area contributed by atoms with E-state index in [4.69, 9.17) is 5.73 Å². The van der Waals surface area contributed by atoms with E-state index in [0.717, 1.165) is 37.8 Å². The Bertz CT molecular complexity index is 394. The van der Waals surface area contributed by atoms with Crippen molar-refractivity contribution in [3.63, 3.8) is 0 Å². The molecular formula is C13H19N3O. The Morgan fingerprint density at radius 1 is 1.47 bits per heavy atom. The second kappa shape index (κ2) is 4.73. The fourth-order valence-corrected chi connectivity index (χ4v) is 2.54. The first kappa shape index (κ1) is 11.9. The van der Waals surface area contributed by atoms with E-state index in [2.05, 4.69) is 17.2 Å². The maximum absolute atomic E-state index is 12.3. The molecule has 1 heterocycles. The third kappa shape index (κ3) is 2.40. The van der Waals surface area contributed by atoms with Crippen LogP contribution < -0.4 is 11.1 Å². The summed E-state index contributed by atoms with van der Waals surface area (Å²) < 4.78 is 0. The fourth-order valence-electron chi connectivity index (χ4n) is 2.54. The van der Waals surface area contributed by atoms with Gasteiger partial charge in [0, 0.05) is 5.41 Å². The molecule has 1 aliphatic rings. The molecule has 2 rings (SSSR count). The third-order valence-corrected chi connectivity index (χ3v) is 3.76. The second-order valence-electron chi connectivity index (χ2n) is 4.77. The molecule has 92 valence electrons. The van der Waals surface area contributed by atoms with Crippen LogP contribution in [0, 0.1) is 5.41 Å². The number of amides is 1. The average Bonchev–Trinajstić information content (AvgIpc) is 2.82. The van der Waals surface area contributed by atoms with Gasteiger partial charge in [0.15, 0.2) is 0 Å². The molecule has 0 atom stereocenters. The third-order valence-electron chi connectivity index (χ3n) is 3.76. The summed E-state index contributed by atoms with van der Waals surface area (Å²) in [6.07, 6.45) is 6.81. The highest BCUT2D eigenvalue weighted by Gasteiger charge is 2.39. The van der Waals surface area contributed by atoms with E-state index in [1.807, 2.05) is 0 Å². The molecule has 0 saturated heterocycles. The van der Waals surface area contributed by atoms with E-state index >= 15 is 0 Å². The molecule has 17 heavy (non-hydrogen) atoms. The Balaban J connectivity index is 2.08. The monoisotopic (exact) mass is 233 g/mol. The van der Waals surface area contributed by atoms with E-state index in [-0.39, 0.29) is 11.3 Å². The normalized spacial score (nSPS) is 17.9. The zero-order valence-corrected chi connectivity index (χ0v) is 10.2. The summed E-state index contributed by atoms with van der Waals surface area (Å²) in [4.78, 5) is 16.3. The first-order chi connectivity index (χ1) is 8.16. The van der Waals surface area contributed by atoms with Crippen molar-refractivity contribution in [1.82, 2.24) is 4.98 Å². The van der Waals surface area contributed by atoms with Crippen LogP contribution >= 0.6 is 0 Å². The summed E-state index contributed by atoms with van der Waals surface area (Å²) in [7, 11) is 0. The number of nitrogen functional groups attached to an aromatic ring is 1. The first-order valence-electron chi connectivity index (χ1n) is 6.19. The van der Waals surface area contributed by atoms with Gasteiger partial charge in [0.25, 0.3) is 0 Å². The van der Waals surface area contributed by atoms with E-state index in [1.165, 1.54) is 0 Å². The minimum atomic E-state index is -0.165. The van der Waals surface area contributed by atoms with Crippen LogP contribution in [0.1, 0.15) is 39.0 Å². The second-order valence-corrected chi connectivity index (χ2v) is 4.77. The van der Waals surface area contributed by atoms with Gasteiger partial charge < -0.3 is 11.1 Å². The summed E-state index contributed by atoms with van der Waals surface area (Å²) in [5.74, 6) is 0.596. The van der Waals surface area contributed by atoms with Gasteiger partial charge >= 0.3 is 0 Å². The van der Waals surface area contributed by atoms with E-state index in [9.17, 15) is 4.79 Å². The van der Waals surface area contributed by atoms with Crippen LogP contribution in [0.4, 0.5) is 11.5 Å². The topological polar surface area (TPSA) is 68.0 Å². The van der Waals surface area contributed by atoms with Crippen molar-refractivity contribution >= 4 is 17.4 Å². The molecule has 1 saturated carbocycles. The molecule has 0 aromatic carbocycles. The van der Waals surface area contributed by atoms with Crippen LogP contribution in [0.5, 0.6) is 0 Å². The van der Waals surface area contributed by atoms with Crippen molar-refractivity contribution in [3.8, 4) is 0 Å². The molecule has 4 nitrogen and oxygen atoms in total. The van der Waals surface area contributed by atoms with Crippen LogP contribution in [0.15, 0.2) is 18.3 Å². The fraction of sp³-hybridized carbons (Fsp3) is 0.538. The summed E-state index contributed by atoms with van der Waals surface area (Å²) in [5, 5.41) is 2.95. The van der Waals surface area contributed by atoms with Gasteiger partial charge in [-0.1, -0.05) is 19.8 Å². The number of nitrogens with two attached hydrogens (primary N) is 1. The predicted molar refractivity (Wildman–Crippen MR) is 68.5 cm³/mol. The van der Waals surface area contributed by atoms with Crippen LogP contribution in [0.2, 0.25) is 0 Å². The van der Waals surface area contributed by atoms with Gasteiger partial charge in [-0.05, 0) is 31.4 Å². The first-order valence-corrected chi connectivity index (χ1v) is 6.19. The highest BCUT2D eigenvalue weighted by Crippen LogP contribution is 2.41. The zero-order valence-electron chi connectivity index (χ0n) is 10.2. The summed E-state index contributed by atoms with van der Waals surface area (Å²) >= 11 is 0. The van der Waals surface area contributed by atoms with E-state index < -0.39 is 0 Å². The molecule has 0 radical (unpaired) electrons. The Hall–Kier alpha value is -1.58. The van der Waals surface area contributed by atoms with Gasteiger partial charge in [-0.15, -0.1) is 0 Å². The van der Waals surface area contributed by atoms with Crippen molar-refractivity contribution in [2.75, 3.05) is 11.1 Å². The summed E-state index contributed by atoms with van der Waals surface area (Å²) in [5.41, 5.74) is 6.07. The van der Waals surface area contributed by atoms with Crippen molar-refractivity contribution in [3.05, 3.63) is 18.3 Å². The van der Waals surface area contributed by atoms with Crippen molar-refractivity contribution < 1.29 is 4.79 Å². The van der Waals surface area contributed by atoms with Gasteiger partial charge in [0.1, 0.15) is 5.82 Å². The Morgan fingerprint density at radius 3 is 2.71 bits per heavy atom. The molecule has 1 aliphatic carbocycles. The SMILES string of the molecule is CCC1(C(=O)Nc2ccc(N)nc2)CCCC1. The molecular weight excluding hydrogens is 214 g/mol. The lowest BCUT2D eigenvalue weighted by Gasteiger charge is -2.25. The van der Waals surface area contributed by atoms with Crippen LogP contribution in [-0.2, 0) is 4.79 Å². The summed E-state index contributed by atoms with van der Waals surface area (Å²) in [6, 6.07) is 3.49. The predicted octanol–water partition coefficient (Wildman–Crippen LogP) is 2.57. The average molecular weight is 233 g/mol. The van der Waals surface area contributed by atoms with Crippen LogP contribution in [0.3, 0.4) is 0 Å². The maximum atomic E-state index is 12.3. The summed E-state index contributed by atoms with van der Waals surface area (Å²) in [6.45, 7) is 2.09. The number of anilines is 2. The number of carbonyl (C=O) groups excluding carboxylic acids is 1. The quantitative estimate of drug-likeness (QED) is 0.843. The maximum Gasteiger partial charge on any atom is 0.230 e. The van der Waals surface area contributed by atoms with Crippen molar-refractivity contribution in [2.45, 2.75) is 39.0 Å². The molecule has 1 aromatic heterocycles. The number of pyridine rings is 1. The van der Waals surface area contributed by atoms with Crippen molar-refractivity contribution in [2.24, 2.45) is 5.41 Å². The lowest BCUT2D eigenvalue weighted by Crippen LogP contribution is -2.33. The minimum Gasteiger partial charge on any atom is -0.384 e. The Kier molecular flexibility index (Phi) is 3.31. The number of hydrogen-bond acceptors (Lipinski definition) is 3. The van der Waals surface area contributed by atoms with Gasteiger partial charge in [-0.2, -0.15) is 0 Å². The highest BCUT2D eigenvalue weighted by atomic mass is 16.2. The number of aromatic nitrogens is 1. The highest BCUT2D eigenvalue weighted by molar-refractivity contribution is 5.95. The molecule has 0 spiro atoms. The van der Waals surface area contributed by atoms with E-state index in [1.54, 1.807) is 18.3 Å². The molecule has 4 heteroatoms. The molecule has 1 fully saturated rings. The molecule has 3 N–H and O–H groups in total. The molecule has 0 bridgehead atoms. The Morgan fingerprint density at radius 2 is 2.18 bits per heavy atom. The van der Waals surface area contributed by atoms with Gasteiger partial charge in [-0.25, -0.2) is 4.98 Å². The standard InChI is InChI=1S/C13H19N3O/c1-2-13(7-3-4-8-13)12(17)16-10-5-6-11(14)15-9-10/h5-6,9H,2-4,7-8H2,1H3,(H2,14,15)(H,16,17). The minimum absolute atomic E-state index is 0.129. The largest absolute Gasteiger partial charge is 0.384 e. The number of nitrogens with one attached hydrogen (secondary N) is 1. The zero-order chi connectivity index (χ0) is 12.3. The smallest absolute Gasteiger partial charge is 0.230 e. The van der Waals surface area contributed by atoms with E-state index in [0.29, 0.717) is 5.82 Å². The number of nitrogens with zero attached hydrogens (tertiary/aromatic N) is 1. The van der Waals surface area contributed by atoms with Gasteiger partial charge in [-0.3, -0.25) is 4.79 Å². The van der Waals surface area contributed by atoms with Crippen LogP contribution in [-0.4, -0.2) is 10.9 Å². The lowest BCUT2D eigenvalue weighted by molar-refractivity contribution is -0.125. The molecule has 1 amide bonds. The van der Waals surface area contributed by atoms with Gasteiger partial charge in [0.2, 0.25) is 5.91 Å². The molecule has 0 unspecified atom stereocenters. The van der Waals surface area contributed by atoms with Gasteiger partial charge in [0.05, 0.1) is 11.9 Å². The molecule has 1 aromatic rings. The Labute approximate surface area is 102 Å². The molecule has 0 aliphatic heterocycles. The number of carbonyl (C=O) groups is 1. The lowest BCUT2D eigenvalue weighted by atomic mass is 9.82. The number of rotatable bonds is 3. The number of hydrogen-bond donors (Lipinski definition) is 2.